The third kappa shape index (κ3) is 3.48. The van der Waals surface area contributed by atoms with Gasteiger partial charge in [0.25, 0.3) is 0 Å². The van der Waals surface area contributed by atoms with Crippen LogP contribution < -0.4 is 10.6 Å². The maximum Gasteiger partial charge on any atom is 0.330 e. The van der Waals surface area contributed by atoms with Crippen molar-refractivity contribution in [3.63, 3.8) is 0 Å². The van der Waals surface area contributed by atoms with Gasteiger partial charge in [0.1, 0.15) is 0 Å². The van der Waals surface area contributed by atoms with Crippen molar-refractivity contribution in [2.24, 2.45) is 0 Å². The summed E-state index contributed by atoms with van der Waals surface area (Å²) in [5.74, 6) is -1.77. The lowest BCUT2D eigenvalue weighted by Gasteiger charge is -2.10. The molecule has 3 N–H and O–H groups in total. The second kappa shape index (κ2) is 5.83. The van der Waals surface area contributed by atoms with Crippen LogP contribution in [-0.4, -0.2) is 30.1 Å². The molecule has 1 aromatic heterocycles. The molecule has 0 bridgehead atoms. The molecule has 0 aliphatic heterocycles. The Bertz CT molecular complexity index is 394. The second-order valence-corrected chi connectivity index (χ2v) is 4.78. The Balaban J connectivity index is 2.49. The zero-order chi connectivity index (χ0) is 12.1. The molecule has 7 heteroatoms. The minimum Gasteiger partial charge on any atom is -0.480 e. The largest absolute Gasteiger partial charge is 0.480 e. The van der Waals surface area contributed by atoms with Gasteiger partial charge in [0.2, 0.25) is 5.91 Å². The lowest BCUT2D eigenvalue weighted by Crippen LogP contribution is -2.47. The molecule has 16 heavy (non-hydrogen) atoms. The van der Waals surface area contributed by atoms with E-state index in [9.17, 15) is 9.59 Å². The molecule has 0 aliphatic rings. The van der Waals surface area contributed by atoms with Crippen LogP contribution in [0.2, 0.25) is 4.34 Å². The number of nitrogens with one attached hydrogen (secondary N) is 2. The van der Waals surface area contributed by atoms with Gasteiger partial charge in [-0.3, -0.25) is 10.1 Å². The van der Waals surface area contributed by atoms with E-state index in [1.165, 1.54) is 18.4 Å². The van der Waals surface area contributed by atoms with Gasteiger partial charge >= 0.3 is 5.97 Å². The lowest BCUT2D eigenvalue weighted by molar-refractivity contribution is -0.143. The molecule has 0 aromatic carbocycles. The van der Waals surface area contributed by atoms with Gasteiger partial charge in [0.15, 0.2) is 6.04 Å². The van der Waals surface area contributed by atoms with Gasteiger partial charge in [-0.2, -0.15) is 0 Å². The van der Waals surface area contributed by atoms with E-state index >= 15 is 0 Å². The topological polar surface area (TPSA) is 78.4 Å². The van der Waals surface area contributed by atoms with Gasteiger partial charge in [0.05, 0.1) is 10.9 Å². The van der Waals surface area contributed by atoms with Crippen LogP contribution in [0.4, 0.5) is 0 Å². The van der Waals surface area contributed by atoms with Crippen LogP contribution in [0.3, 0.4) is 0 Å². The van der Waals surface area contributed by atoms with E-state index in [4.69, 9.17) is 16.7 Å². The molecule has 0 saturated heterocycles. The number of rotatable bonds is 5. The van der Waals surface area contributed by atoms with Crippen molar-refractivity contribution in [2.75, 3.05) is 7.05 Å². The fourth-order valence-corrected chi connectivity index (χ4v) is 2.12. The summed E-state index contributed by atoms with van der Waals surface area (Å²) in [6.07, 6.45) is 0. The molecule has 1 atom stereocenters. The first kappa shape index (κ1) is 13.0. The first-order chi connectivity index (χ1) is 7.54. The molecule has 5 nitrogen and oxygen atoms in total. The van der Waals surface area contributed by atoms with Gasteiger partial charge in [0, 0.05) is 4.88 Å². The Morgan fingerprint density at radius 1 is 1.56 bits per heavy atom. The van der Waals surface area contributed by atoms with E-state index in [1.807, 2.05) is 0 Å². The van der Waals surface area contributed by atoms with Crippen molar-refractivity contribution in [2.45, 2.75) is 12.6 Å². The van der Waals surface area contributed by atoms with Crippen molar-refractivity contribution >= 4 is 34.8 Å². The van der Waals surface area contributed by atoms with Crippen LogP contribution >= 0.6 is 22.9 Å². The summed E-state index contributed by atoms with van der Waals surface area (Å²) >= 11 is 7.06. The SMILES string of the molecule is CNC(C(=O)O)C(=O)NCc1ccc(Cl)s1. The predicted molar refractivity (Wildman–Crippen MR) is 61.7 cm³/mol. The number of carbonyl (C=O) groups excluding carboxylic acids is 1. The third-order valence-electron chi connectivity index (χ3n) is 1.86. The van der Waals surface area contributed by atoms with E-state index in [1.54, 1.807) is 12.1 Å². The average molecular weight is 263 g/mol. The van der Waals surface area contributed by atoms with Crippen LogP contribution in [0.15, 0.2) is 12.1 Å². The predicted octanol–water partition coefficient (Wildman–Crippen LogP) is 0.690. The molecule has 1 unspecified atom stereocenters. The number of thiophene rings is 1. The van der Waals surface area contributed by atoms with Gasteiger partial charge in [-0.15, -0.1) is 11.3 Å². The summed E-state index contributed by atoms with van der Waals surface area (Å²) in [7, 11) is 1.42. The van der Waals surface area contributed by atoms with Crippen molar-refractivity contribution in [1.82, 2.24) is 10.6 Å². The lowest BCUT2D eigenvalue weighted by atomic mass is 10.3. The standard InChI is InChI=1S/C9H11ClN2O3S/c1-11-7(9(14)15)8(13)12-4-5-2-3-6(10)16-5/h2-3,7,11H,4H2,1H3,(H,12,13)(H,14,15). The van der Waals surface area contributed by atoms with Gasteiger partial charge in [-0.05, 0) is 19.2 Å². The normalized spacial score (nSPS) is 12.1. The van der Waals surface area contributed by atoms with Gasteiger partial charge < -0.3 is 10.4 Å². The molecular formula is C9H11ClN2O3S. The molecule has 0 aliphatic carbocycles. The van der Waals surface area contributed by atoms with Crippen molar-refractivity contribution < 1.29 is 14.7 Å². The molecule has 1 aromatic rings. The summed E-state index contributed by atoms with van der Waals surface area (Å²) in [6, 6.07) is 2.28. The Morgan fingerprint density at radius 3 is 2.69 bits per heavy atom. The number of likely N-dealkylation sites (N-methyl/N-ethyl adjacent to an activating group) is 1. The number of carboxylic acid groups (broad SMARTS) is 1. The number of carboxylic acids is 1. The number of carbonyl (C=O) groups is 2. The molecular weight excluding hydrogens is 252 g/mol. The van der Waals surface area contributed by atoms with E-state index in [2.05, 4.69) is 10.6 Å². The number of aliphatic carboxylic acids is 1. The summed E-state index contributed by atoms with van der Waals surface area (Å²) in [4.78, 5) is 22.9. The van der Waals surface area contributed by atoms with Crippen LogP contribution in [0.25, 0.3) is 0 Å². The van der Waals surface area contributed by atoms with Crippen molar-refractivity contribution in [1.29, 1.82) is 0 Å². The van der Waals surface area contributed by atoms with Crippen LogP contribution in [0, 0.1) is 0 Å². The molecule has 1 amide bonds. The van der Waals surface area contributed by atoms with E-state index < -0.39 is 17.9 Å². The zero-order valence-electron chi connectivity index (χ0n) is 8.49. The number of halogens is 1. The molecule has 0 fully saturated rings. The highest BCUT2D eigenvalue weighted by Gasteiger charge is 2.23. The molecule has 0 radical (unpaired) electrons. The Labute approximate surface area is 101 Å². The Kier molecular flexibility index (Phi) is 4.72. The van der Waals surface area contributed by atoms with Crippen LogP contribution in [0.1, 0.15) is 4.88 Å². The molecule has 1 rings (SSSR count). The maximum atomic E-state index is 11.4. The minimum absolute atomic E-state index is 0.279. The number of amides is 1. The molecule has 0 saturated carbocycles. The molecule has 88 valence electrons. The van der Waals surface area contributed by atoms with E-state index in [-0.39, 0.29) is 6.54 Å². The summed E-state index contributed by atoms with van der Waals surface area (Å²) in [6.45, 7) is 0.279. The van der Waals surface area contributed by atoms with E-state index in [0.29, 0.717) is 4.34 Å². The third-order valence-corrected chi connectivity index (χ3v) is 3.09. The number of hydrogen-bond donors (Lipinski definition) is 3. The summed E-state index contributed by atoms with van der Waals surface area (Å²) < 4.78 is 0.632. The highest BCUT2D eigenvalue weighted by Crippen LogP contribution is 2.20. The number of hydrogen-bond acceptors (Lipinski definition) is 4. The van der Waals surface area contributed by atoms with Crippen molar-refractivity contribution in [3.05, 3.63) is 21.3 Å². The average Bonchev–Trinajstić information content (AvgIpc) is 2.62. The smallest absolute Gasteiger partial charge is 0.330 e. The van der Waals surface area contributed by atoms with E-state index in [0.717, 1.165) is 4.88 Å². The molecule has 0 spiro atoms. The molecule has 1 heterocycles. The minimum atomic E-state index is -1.23. The Morgan fingerprint density at radius 2 is 2.25 bits per heavy atom. The van der Waals surface area contributed by atoms with Crippen molar-refractivity contribution in [3.8, 4) is 0 Å². The first-order valence-corrected chi connectivity index (χ1v) is 5.66. The van der Waals surface area contributed by atoms with Crippen LogP contribution in [-0.2, 0) is 16.1 Å². The zero-order valence-corrected chi connectivity index (χ0v) is 10.1. The fraction of sp³-hybridized carbons (Fsp3) is 0.333. The highest BCUT2D eigenvalue weighted by atomic mass is 35.5. The fourth-order valence-electron chi connectivity index (χ4n) is 1.09. The summed E-state index contributed by atoms with van der Waals surface area (Å²) in [5, 5.41) is 13.6. The first-order valence-electron chi connectivity index (χ1n) is 4.46. The van der Waals surface area contributed by atoms with Gasteiger partial charge in [-0.1, -0.05) is 11.6 Å². The second-order valence-electron chi connectivity index (χ2n) is 2.98. The summed E-state index contributed by atoms with van der Waals surface area (Å²) in [5.41, 5.74) is 0. The Hall–Kier alpha value is -1.11. The highest BCUT2D eigenvalue weighted by molar-refractivity contribution is 7.16. The monoisotopic (exact) mass is 262 g/mol. The van der Waals surface area contributed by atoms with Gasteiger partial charge in [-0.25, -0.2) is 4.79 Å². The van der Waals surface area contributed by atoms with Crippen LogP contribution in [0.5, 0.6) is 0 Å². The quantitative estimate of drug-likeness (QED) is 0.683. The maximum absolute atomic E-state index is 11.4.